The van der Waals surface area contributed by atoms with Gasteiger partial charge in [0.15, 0.2) is 0 Å². The molecule has 1 N–H and O–H groups in total. The lowest BCUT2D eigenvalue weighted by atomic mass is 10.1. The van der Waals surface area contributed by atoms with Gasteiger partial charge in [-0.25, -0.2) is 0 Å². The molecule has 3 nitrogen and oxygen atoms in total. The molecule has 1 aromatic rings. The second-order valence-electron chi connectivity index (χ2n) is 5.69. The van der Waals surface area contributed by atoms with Crippen LogP contribution in [-0.4, -0.2) is 23.3 Å². The summed E-state index contributed by atoms with van der Waals surface area (Å²) in [5.41, 5.74) is 1.41. The number of nitrogens with zero attached hydrogens (tertiary/aromatic N) is 1. The molecule has 2 atom stereocenters. The van der Waals surface area contributed by atoms with E-state index in [0.29, 0.717) is 12.1 Å². The van der Waals surface area contributed by atoms with Crippen molar-refractivity contribution in [2.24, 2.45) is 0 Å². The topological polar surface area (TPSA) is 26.2 Å². The Hall–Kier alpha value is -0.800. The summed E-state index contributed by atoms with van der Waals surface area (Å²) in [6.07, 6.45) is 7.07. The van der Waals surface area contributed by atoms with Crippen LogP contribution in [-0.2, 0) is 11.3 Å². The molecule has 0 saturated carbocycles. The quantitative estimate of drug-likeness (QED) is 0.870. The molecule has 0 amide bonds. The maximum Gasteiger partial charge on any atom is 0.0762 e. The average molecular weight is 236 g/mol. The molecule has 2 unspecified atom stereocenters. The zero-order valence-corrected chi connectivity index (χ0v) is 11.4. The lowest BCUT2D eigenvalue weighted by Crippen LogP contribution is -2.22. The molecule has 17 heavy (non-hydrogen) atoms. The number of hydrogen-bond acceptors (Lipinski definition) is 2. The molecule has 0 bridgehead atoms. The molecule has 1 aliphatic rings. The lowest BCUT2D eigenvalue weighted by Gasteiger charge is -2.19. The molecule has 1 fully saturated rings. The number of rotatable bonds is 4. The zero-order chi connectivity index (χ0) is 12.5. The van der Waals surface area contributed by atoms with Gasteiger partial charge in [0.2, 0.25) is 0 Å². The molecule has 1 aromatic heterocycles. The highest BCUT2D eigenvalue weighted by Gasteiger charge is 2.31. The third-order valence-electron chi connectivity index (χ3n) is 3.67. The van der Waals surface area contributed by atoms with Crippen molar-refractivity contribution in [2.75, 3.05) is 7.05 Å². The van der Waals surface area contributed by atoms with Crippen LogP contribution < -0.4 is 5.32 Å². The standard InChI is InChI=1S/C14H24N2O/c1-11(15-4)12-6-8-16(9-12)10-13-5-7-14(2,3)17-13/h6,8-9,11,13,15H,5,7,10H2,1-4H3. The van der Waals surface area contributed by atoms with Crippen molar-refractivity contribution in [3.63, 3.8) is 0 Å². The number of nitrogens with one attached hydrogen (secondary N) is 1. The van der Waals surface area contributed by atoms with Crippen LogP contribution in [0.5, 0.6) is 0 Å². The first kappa shape index (κ1) is 12.7. The van der Waals surface area contributed by atoms with E-state index in [1.165, 1.54) is 18.4 Å². The van der Waals surface area contributed by atoms with Gasteiger partial charge in [0.05, 0.1) is 11.7 Å². The summed E-state index contributed by atoms with van der Waals surface area (Å²) in [4.78, 5) is 0. The monoisotopic (exact) mass is 236 g/mol. The lowest BCUT2D eigenvalue weighted by molar-refractivity contribution is -0.0216. The van der Waals surface area contributed by atoms with Gasteiger partial charge in [-0.2, -0.15) is 0 Å². The number of ether oxygens (including phenoxy) is 1. The molecule has 0 radical (unpaired) electrons. The SMILES string of the molecule is CNC(C)c1ccn(CC2CCC(C)(C)O2)c1. The summed E-state index contributed by atoms with van der Waals surface area (Å²) in [7, 11) is 1.99. The molecule has 1 aliphatic heterocycles. The first-order valence-corrected chi connectivity index (χ1v) is 6.51. The Morgan fingerprint density at radius 2 is 2.35 bits per heavy atom. The minimum Gasteiger partial charge on any atom is -0.370 e. The normalized spacial score (nSPS) is 25.1. The maximum absolute atomic E-state index is 6.01. The van der Waals surface area contributed by atoms with Gasteiger partial charge in [0, 0.05) is 25.0 Å². The Balaban J connectivity index is 1.94. The highest BCUT2D eigenvalue weighted by atomic mass is 16.5. The van der Waals surface area contributed by atoms with Crippen LogP contribution in [0.4, 0.5) is 0 Å². The zero-order valence-electron chi connectivity index (χ0n) is 11.4. The van der Waals surface area contributed by atoms with Gasteiger partial charge < -0.3 is 14.6 Å². The summed E-state index contributed by atoms with van der Waals surface area (Å²) in [5.74, 6) is 0. The molecular formula is C14H24N2O. The van der Waals surface area contributed by atoms with E-state index in [9.17, 15) is 0 Å². The first-order chi connectivity index (χ1) is 8.00. The molecule has 0 spiro atoms. The Morgan fingerprint density at radius 1 is 1.59 bits per heavy atom. The van der Waals surface area contributed by atoms with Crippen molar-refractivity contribution in [3.8, 4) is 0 Å². The summed E-state index contributed by atoms with van der Waals surface area (Å²) in [6, 6.07) is 2.60. The van der Waals surface area contributed by atoms with E-state index in [2.05, 4.69) is 49.1 Å². The van der Waals surface area contributed by atoms with Crippen molar-refractivity contribution in [1.29, 1.82) is 0 Å². The molecule has 0 aliphatic carbocycles. The van der Waals surface area contributed by atoms with Crippen LogP contribution in [0.3, 0.4) is 0 Å². The maximum atomic E-state index is 6.01. The minimum absolute atomic E-state index is 0.0684. The fourth-order valence-electron chi connectivity index (χ4n) is 2.44. The van der Waals surface area contributed by atoms with E-state index >= 15 is 0 Å². The molecule has 3 heteroatoms. The molecule has 0 aromatic carbocycles. The van der Waals surface area contributed by atoms with Gasteiger partial charge >= 0.3 is 0 Å². The van der Waals surface area contributed by atoms with Gasteiger partial charge in [-0.3, -0.25) is 0 Å². The predicted molar refractivity (Wildman–Crippen MR) is 70.1 cm³/mol. The van der Waals surface area contributed by atoms with Gasteiger partial charge in [-0.15, -0.1) is 0 Å². The summed E-state index contributed by atoms with van der Waals surface area (Å²) in [5, 5.41) is 3.26. The molecule has 2 heterocycles. The predicted octanol–water partition coefficient (Wildman–Crippen LogP) is 2.73. The van der Waals surface area contributed by atoms with Gasteiger partial charge in [-0.05, 0) is 52.3 Å². The summed E-state index contributed by atoms with van der Waals surface area (Å²) in [6.45, 7) is 7.50. The number of hydrogen-bond donors (Lipinski definition) is 1. The van der Waals surface area contributed by atoms with Crippen molar-refractivity contribution >= 4 is 0 Å². The van der Waals surface area contributed by atoms with Gasteiger partial charge in [-0.1, -0.05) is 0 Å². The molecule has 2 rings (SSSR count). The number of aromatic nitrogens is 1. The molecular weight excluding hydrogens is 212 g/mol. The Morgan fingerprint density at radius 3 is 2.94 bits per heavy atom. The molecule has 96 valence electrons. The van der Waals surface area contributed by atoms with Crippen LogP contribution in [0.15, 0.2) is 18.5 Å². The minimum atomic E-state index is 0.0684. The van der Waals surface area contributed by atoms with Crippen LogP contribution in [0.25, 0.3) is 0 Å². The summed E-state index contributed by atoms with van der Waals surface area (Å²) < 4.78 is 8.26. The van der Waals surface area contributed by atoms with E-state index in [0.717, 1.165) is 6.54 Å². The van der Waals surface area contributed by atoms with Gasteiger partial charge in [0.25, 0.3) is 0 Å². The van der Waals surface area contributed by atoms with Crippen molar-refractivity contribution < 1.29 is 4.74 Å². The summed E-state index contributed by atoms with van der Waals surface area (Å²) >= 11 is 0. The molecule has 1 saturated heterocycles. The largest absolute Gasteiger partial charge is 0.370 e. The highest BCUT2D eigenvalue weighted by molar-refractivity contribution is 5.14. The van der Waals surface area contributed by atoms with E-state index < -0.39 is 0 Å². The third kappa shape index (κ3) is 3.11. The fourth-order valence-corrected chi connectivity index (χ4v) is 2.44. The van der Waals surface area contributed by atoms with Gasteiger partial charge in [0.1, 0.15) is 0 Å². The van der Waals surface area contributed by atoms with Crippen molar-refractivity contribution in [2.45, 2.75) is 57.9 Å². The van der Waals surface area contributed by atoms with E-state index in [1.807, 2.05) is 7.05 Å². The van der Waals surface area contributed by atoms with Crippen molar-refractivity contribution in [3.05, 3.63) is 24.0 Å². The smallest absolute Gasteiger partial charge is 0.0762 e. The Labute approximate surface area is 104 Å². The van der Waals surface area contributed by atoms with Crippen LogP contribution in [0.1, 0.15) is 45.2 Å². The van der Waals surface area contributed by atoms with E-state index in [4.69, 9.17) is 4.74 Å². The van der Waals surface area contributed by atoms with E-state index in [-0.39, 0.29) is 5.60 Å². The van der Waals surface area contributed by atoms with E-state index in [1.54, 1.807) is 0 Å². The second-order valence-corrected chi connectivity index (χ2v) is 5.69. The van der Waals surface area contributed by atoms with Crippen molar-refractivity contribution in [1.82, 2.24) is 9.88 Å². The average Bonchev–Trinajstić information content (AvgIpc) is 2.85. The Bertz CT molecular complexity index is 370. The fraction of sp³-hybridized carbons (Fsp3) is 0.714. The second kappa shape index (κ2) is 4.83. The Kier molecular flexibility index (Phi) is 3.59. The highest BCUT2D eigenvalue weighted by Crippen LogP contribution is 2.30. The van der Waals surface area contributed by atoms with Crippen LogP contribution in [0, 0.1) is 0 Å². The third-order valence-corrected chi connectivity index (χ3v) is 3.67. The van der Waals surface area contributed by atoms with Crippen LogP contribution >= 0.6 is 0 Å². The van der Waals surface area contributed by atoms with Crippen LogP contribution in [0.2, 0.25) is 0 Å². The first-order valence-electron chi connectivity index (χ1n) is 6.51.